The minimum atomic E-state index is -0.0228. The number of aromatic nitrogens is 1. The zero-order valence-electron chi connectivity index (χ0n) is 11.7. The Morgan fingerprint density at radius 3 is 2.50 bits per heavy atom. The second-order valence-corrected chi connectivity index (χ2v) is 5.06. The molecule has 5 heteroatoms. The van der Waals surface area contributed by atoms with E-state index < -0.39 is 0 Å². The lowest BCUT2D eigenvalue weighted by atomic mass is 10.0. The van der Waals surface area contributed by atoms with Gasteiger partial charge in [-0.2, -0.15) is 0 Å². The maximum absolute atomic E-state index is 5.35. The number of hydrogen-bond acceptors (Lipinski definition) is 4. The van der Waals surface area contributed by atoms with Gasteiger partial charge in [0.25, 0.3) is 0 Å². The molecule has 1 aromatic heterocycles. The summed E-state index contributed by atoms with van der Waals surface area (Å²) < 4.78 is 11.6. The van der Waals surface area contributed by atoms with Crippen molar-refractivity contribution in [2.24, 2.45) is 0 Å². The van der Waals surface area contributed by atoms with E-state index in [-0.39, 0.29) is 6.04 Å². The fourth-order valence-electron chi connectivity index (χ4n) is 2.10. The molecule has 0 radical (unpaired) electrons. The standard InChI is InChI=1S/C15H17BrN2O2/c1-17-14(15-11(16)5-4-8-18-15)10-6-7-12(19-2)13(9-10)20-3/h4-9,14,17H,1-3H3. The smallest absolute Gasteiger partial charge is 0.161 e. The van der Waals surface area contributed by atoms with Crippen LogP contribution in [0.5, 0.6) is 11.5 Å². The number of methoxy groups -OCH3 is 2. The molecule has 0 aliphatic carbocycles. The maximum atomic E-state index is 5.35. The fourth-order valence-corrected chi connectivity index (χ4v) is 2.59. The predicted molar refractivity (Wildman–Crippen MR) is 82.4 cm³/mol. The third-order valence-electron chi connectivity index (χ3n) is 3.09. The Labute approximate surface area is 127 Å². The summed E-state index contributed by atoms with van der Waals surface area (Å²) in [5, 5.41) is 3.28. The number of nitrogens with zero attached hydrogens (tertiary/aromatic N) is 1. The molecule has 1 atom stereocenters. The number of benzene rings is 1. The summed E-state index contributed by atoms with van der Waals surface area (Å²) in [6.45, 7) is 0. The van der Waals surface area contributed by atoms with Gasteiger partial charge in [0.15, 0.2) is 11.5 Å². The van der Waals surface area contributed by atoms with Crippen LogP contribution in [0.4, 0.5) is 0 Å². The van der Waals surface area contributed by atoms with Crippen LogP contribution >= 0.6 is 15.9 Å². The van der Waals surface area contributed by atoms with E-state index >= 15 is 0 Å². The van der Waals surface area contributed by atoms with Gasteiger partial charge in [-0.25, -0.2) is 0 Å². The molecule has 0 aliphatic heterocycles. The molecule has 0 bridgehead atoms. The summed E-state index contributed by atoms with van der Waals surface area (Å²) in [7, 11) is 5.16. The van der Waals surface area contributed by atoms with Gasteiger partial charge in [0.05, 0.1) is 26.0 Å². The van der Waals surface area contributed by atoms with Crippen LogP contribution < -0.4 is 14.8 Å². The molecule has 0 saturated heterocycles. The highest BCUT2D eigenvalue weighted by atomic mass is 79.9. The largest absolute Gasteiger partial charge is 0.493 e. The second kappa shape index (κ2) is 6.72. The third-order valence-corrected chi connectivity index (χ3v) is 3.76. The lowest BCUT2D eigenvalue weighted by Gasteiger charge is -2.19. The van der Waals surface area contributed by atoms with Crippen LogP contribution in [0.15, 0.2) is 41.0 Å². The molecule has 0 aliphatic rings. The van der Waals surface area contributed by atoms with E-state index in [0.717, 1.165) is 15.7 Å². The van der Waals surface area contributed by atoms with Crippen LogP contribution in [0, 0.1) is 0 Å². The number of hydrogen-bond donors (Lipinski definition) is 1. The van der Waals surface area contributed by atoms with Crippen molar-refractivity contribution in [2.75, 3.05) is 21.3 Å². The zero-order valence-corrected chi connectivity index (χ0v) is 13.3. The summed E-state index contributed by atoms with van der Waals surface area (Å²) in [5.41, 5.74) is 1.99. The molecule has 2 aromatic rings. The molecule has 0 spiro atoms. The van der Waals surface area contributed by atoms with Gasteiger partial charge in [-0.3, -0.25) is 4.98 Å². The van der Waals surface area contributed by atoms with Crippen molar-refractivity contribution >= 4 is 15.9 Å². The van der Waals surface area contributed by atoms with Gasteiger partial charge in [-0.05, 0) is 52.8 Å². The molecule has 1 heterocycles. The van der Waals surface area contributed by atoms with E-state index in [2.05, 4.69) is 26.2 Å². The van der Waals surface area contributed by atoms with E-state index in [4.69, 9.17) is 9.47 Å². The van der Waals surface area contributed by atoms with Crippen molar-refractivity contribution in [3.05, 3.63) is 52.3 Å². The fraction of sp³-hybridized carbons (Fsp3) is 0.267. The monoisotopic (exact) mass is 336 g/mol. The minimum absolute atomic E-state index is 0.0228. The molecule has 0 amide bonds. The van der Waals surface area contributed by atoms with Gasteiger partial charge in [-0.15, -0.1) is 0 Å². The highest BCUT2D eigenvalue weighted by Gasteiger charge is 2.18. The van der Waals surface area contributed by atoms with Gasteiger partial charge in [0.2, 0.25) is 0 Å². The molecule has 106 valence electrons. The normalized spacial score (nSPS) is 12.0. The van der Waals surface area contributed by atoms with Gasteiger partial charge >= 0.3 is 0 Å². The third kappa shape index (κ3) is 2.94. The highest BCUT2D eigenvalue weighted by Crippen LogP contribution is 2.33. The SMILES string of the molecule is CNC(c1ccc(OC)c(OC)c1)c1ncccc1Br. The van der Waals surface area contributed by atoms with Gasteiger partial charge < -0.3 is 14.8 Å². The Hall–Kier alpha value is -1.59. The summed E-state index contributed by atoms with van der Waals surface area (Å²) in [4.78, 5) is 4.44. The molecule has 1 unspecified atom stereocenters. The van der Waals surface area contributed by atoms with Crippen LogP contribution in [0.1, 0.15) is 17.3 Å². The molecule has 4 nitrogen and oxygen atoms in total. The highest BCUT2D eigenvalue weighted by molar-refractivity contribution is 9.10. The second-order valence-electron chi connectivity index (χ2n) is 4.21. The van der Waals surface area contributed by atoms with E-state index in [9.17, 15) is 0 Å². The number of ether oxygens (including phenoxy) is 2. The summed E-state index contributed by atoms with van der Waals surface area (Å²) >= 11 is 3.54. The molecular weight excluding hydrogens is 320 g/mol. The number of pyridine rings is 1. The molecule has 1 aromatic carbocycles. The van der Waals surface area contributed by atoms with Crippen LogP contribution in [0.2, 0.25) is 0 Å². The zero-order chi connectivity index (χ0) is 14.5. The molecule has 2 rings (SSSR count). The maximum Gasteiger partial charge on any atom is 0.161 e. The average Bonchev–Trinajstić information content (AvgIpc) is 2.49. The molecular formula is C15H17BrN2O2. The van der Waals surface area contributed by atoms with Crippen molar-refractivity contribution < 1.29 is 9.47 Å². The van der Waals surface area contributed by atoms with E-state index in [0.29, 0.717) is 11.5 Å². The van der Waals surface area contributed by atoms with Crippen molar-refractivity contribution in [1.29, 1.82) is 0 Å². The molecule has 0 fully saturated rings. The Morgan fingerprint density at radius 2 is 1.90 bits per heavy atom. The van der Waals surface area contributed by atoms with E-state index in [1.165, 1.54) is 0 Å². The van der Waals surface area contributed by atoms with Crippen molar-refractivity contribution in [1.82, 2.24) is 10.3 Å². The first-order valence-electron chi connectivity index (χ1n) is 6.20. The Balaban J connectivity index is 2.45. The van der Waals surface area contributed by atoms with Crippen LogP contribution in [-0.2, 0) is 0 Å². The lowest BCUT2D eigenvalue weighted by molar-refractivity contribution is 0.354. The van der Waals surface area contributed by atoms with Gasteiger partial charge in [0, 0.05) is 10.7 Å². The lowest BCUT2D eigenvalue weighted by Crippen LogP contribution is -2.19. The molecule has 0 saturated carbocycles. The van der Waals surface area contributed by atoms with Gasteiger partial charge in [0.1, 0.15) is 0 Å². The minimum Gasteiger partial charge on any atom is -0.493 e. The molecule has 20 heavy (non-hydrogen) atoms. The first-order chi connectivity index (χ1) is 9.71. The quantitative estimate of drug-likeness (QED) is 0.910. The number of rotatable bonds is 5. The van der Waals surface area contributed by atoms with Crippen molar-refractivity contribution in [3.63, 3.8) is 0 Å². The number of nitrogens with one attached hydrogen (secondary N) is 1. The first kappa shape index (κ1) is 14.8. The molecule has 1 N–H and O–H groups in total. The van der Waals surface area contributed by atoms with E-state index in [1.54, 1.807) is 20.4 Å². The summed E-state index contributed by atoms with van der Waals surface area (Å²) in [5.74, 6) is 1.42. The summed E-state index contributed by atoms with van der Waals surface area (Å²) in [6.07, 6.45) is 1.78. The van der Waals surface area contributed by atoms with Crippen LogP contribution in [0.3, 0.4) is 0 Å². The van der Waals surface area contributed by atoms with E-state index in [1.807, 2.05) is 37.4 Å². The topological polar surface area (TPSA) is 43.4 Å². The first-order valence-corrected chi connectivity index (χ1v) is 7.00. The number of halogens is 1. The van der Waals surface area contributed by atoms with Crippen LogP contribution in [-0.4, -0.2) is 26.3 Å². The predicted octanol–water partition coefficient (Wildman–Crippen LogP) is 3.17. The average molecular weight is 337 g/mol. The van der Waals surface area contributed by atoms with Crippen molar-refractivity contribution in [3.8, 4) is 11.5 Å². The Morgan fingerprint density at radius 1 is 1.15 bits per heavy atom. The Kier molecular flexibility index (Phi) is 4.98. The summed E-state index contributed by atoms with van der Waals surface area (Å²) in [6, 6.07) is 9.72. The van der Waals surface area contributed by atoms with Crippen LogP contribution in [0.25, 0.3) is 0 Å². The Bertz CT molecular complexity index is 590. The van der Waals surface area contributed by atoms with Gasteiger partial charge in [-0.1, -0.05) is 6.07 Å². The van der Waals surface area contributed by atoms with Crippen molar-refractivity contribution in [2.45, 2.75) is 6.04 Å².